The van der Waals surface area contributed by atoms with E-state index in [1.807, 2.05) is 38.1 Å². The summed E-state index contributed by atoms with van der Waals surface area (Å²) >= 11 is 0. The van der Waals surface area contributed by atoms with E-state index in [2.05, 4.69) is 27.7 Å². The Hall–Kier alpha value is -1.58. The SMILES string of the molecule is [B]C(C)(C)C(C)(C)c1ccc(N2C(=O)CC(C(CCCC)CCCCCC)C2=O)cc1. The zero-order valence-corrected chi connectivity index (χ0v) is 20.7. The number of anilines is 1. The van der Waals surface area contributed by atoms with E-state index in [0.29, 0.717) is 18.0 Å². The number of benzene rings is 1. The molecule has 1 saturated heterocycles. The molecule has 2 amide bonds. The summed E-state index contributed by atoms with van der Waals surface area (Å²) in [7, 11) is 6.38. The van der Waals surface area contributed by atoms with Gasteiger partial charge < -0.3 is 0 Å². The summed E-state index contributed by atoms with van der Waals surface area (Å²) in [6.45, 7) is 12.7. The zero-order valence-electron chi connectivity index (χ0n) is 20.7. The largest absolute Gasteiger partial charge is 0.274 e. The molecule has 2 atom stereocenters. The molecule has 1 fully saturated rings. The van der Waals surface area contributed by atoms with Crippen molar-refractivity contribution >= 4 is 25.3 Å². The molecule has 0 aromatic heterocycles. The third-order valence-electron chi connectivity index (χ3n) is 7.57. The van der Waals surface area contributed by atoms with Gasteiger partial charge in [0.2, 0.25) is 11.8 Å². The van der Waals surface area contributed by atoms with E-state index < -0.39 is 0 Å². The van der Waals surface area contributed by atoms with E-state index in [4.69, 9.17) is 7.85 Å². The minimum Gasteiger partial charge on any atom is -0.274 e. The summed E-state index contributed by atoms with van der Waals surface area (Å²) in [4.78, 5) is 27.6. The standard InChI is InChI=1S/C27H42BNO2/c1-7-9-11-12-14-20(13-10-8-2)23-19-24(30)29(25(23)31)22-17-15-21(16-18-22)26(3,4)27(5,6)28/h15-18,20,23H,7-14,19H2,1-6H3. The highest BCUT2D eigenvalue weighted by molar-refractivity contribution is 6.21. The van der Waals surface area contributed by atoms with Gasteiger partial charge in [0.05, 0.1) is 19.5 Å². The molecule has 31 heavy (non-hydrogen) atoms. The van der Waals surface area contributed by atoms with Crippen molar-refractivity contribution in [2.45, 2.75) is 110 Å². The van der Waals surface area contributed by atoms with E-state index in [1.54, 1.807) is 0 Å². The first-order chi connectivity index (χ1) is 14.5. The summed E-state index contributed by atoms with van der Waals surface area (Å²) in [5.74, 6) is 0.0817. The molecule has 0 spiro atoms. The molecule has 2 radical (unpaired) electrons. The number of hydrogen-bond donors (Lipinski definition) is 0. The van der Waals surface area contributed by atoms with Crippen LogP contribution >= 0.6 is 0 Å². The Labute approximate surface area is 191 Å². The summed E-state index contributed by atoms with van der Waals surface area (Å²) in [6.07, 6.45) is 9.51. The number of unbranched alkanes of at least 4 members (excludes halogenated alkanes) is 4. The van der Waals surface area contributed by atoms with Crippen molar-refractivity contribution in [1.82, 2.24) is 0 Å². The van der Waals surface area contributed by atoms with Crippen molar-refractivity contribution in [3.63, 3.8) is 0 Å². The Morgan fingerprint density at radius 1 is 0.935 bits per heavy atom. The number of carbonyl (C=O) groups is 2. The van der Waals surface area contributed by atoms with Crippen molar-refractivity contribution < 1.29 is 9.59 Å². The van der Waals surface area contributed by atoms with E-state index >= 15 is 0 Å². The fourth-order valence-corrected chi connectivity index (χ4v) is 4.54. The highest BCUT2D eigenvalue weighted by Crippen LogP contribution is 2.45. The maximum absolute atomic E-state index is 13.3. The Morgan fingerprint density at radius 3 is 2.06 bits per heavy atom. The molecule has 0 bridgehead atoms. The number of amides is 2. The fourth-order valence-electron chi connectivity index (χ4n) is 4.54. The van der Waals surface area contributed by atoms with Crippen LogP contribution in [-0.4, -0.2) is 19.7 Å². The Balaban J connectivity index is 2.17. The van der Waals surface area contributed by atoms with Gasteiger partial charge in [0.15, 0.2) is 0 Å². The topological polar surface area (TPSA) is 37.4 Å². The van der Waals surface area contributed by atoms with Crippen LogP contribution in [0.2, 0.25) is 5.31 Å². The van der Waals surface area contributed by atoms with Gasteiger partial charge in [-0.3, -0.25) is 14.5 Å². The smallest absolute Gasteiger partial charge is 0.237 e. The van der Waals surface area contributed by atoms with Crippen molar-refractivity contribution in [3.05, 3.63) is 29.8 Å². The van der Waals surface area contributed by atoms with Gasteiger partial charge in [-0.25, -0.2) is 0 Å². The zero-order chi connectivity index (χ0) is 23.2. The van der Waals surface area contributed by atoms with Gasteiger partial charge in [-0.2, -0.15) is 0 Å². The van der Waals surface area contributed by atoms with E-state index in [9.17, 15) is 9.59 Å². The molecule has 1 heterocycles. The van der Waals surface area contributed by atoms with Crippen molar-refractivity contribution in [2.75, 3.05) is 4.90 Å². The normalized spacial score (nSPS) is 18.6. The second-order valence-corrected chi connectivity index (χ2v) is 10.5. The second-order valence-electron chi connectivity index (χ2n) is 10.5. The van der Waals surface area contributed by atoms with Gasteiger partial charge in [-0.05, 0) is 41.9 Å². The molecular formula is C27H42BNO2. The number of imide groups is 1. The molecule has 1 aromatic carbocycles. The van der Waals surface area contributed by atoms with Crippen LogP contribution in [0.1, 0.15) is 105 Å². The molecule has 0 N–H and O–H groups in total. The minimum absolute atomic E-state index is 0.00670. The predicted octanol–water partition coefficient (Wildman–Crippen LogP) is 6.99. The van der Waals surface area contributed by atoms with Crippen LogP contribution < -0.4 is 4.90 Å². The lowest BCUT2D eigenvalue weighted by Crippen LogP contribution is -2.33. The quantitative estimate of drug-likeness (QED) is 0.206. The summed E-state index contributed by atoms with van der Waals surface area (Å²) < 4.78 is 0. The molecule has 2 rings (SSSR count). The number of carbonyl (C=O) groups excluding carboxylic acids is 2. The van der Waals surface area contributed by atoms with Crippen LogP contribution in [0.4, 0.5) is 5.69 Å². The second kappa shape index (κ2) is 10.8. The summed E-state index contributed by atoms with van der Waals surface area (Å²) in [5, 5.41) is -0.386. The maximum Gasteiger partial charge on any atom is 0.237 e. The lowest BCUT2D eigenvalue weighted by atomic mass is 9.54. The first-order valence-electron chi connectivity index (χ1n) is 12.3. The van der Waals surface area contributed by atoms with Crippen LogP contribution in [-0.2, 0) is 15.0 Å². The van der Waals surface area contributed by atoms with Gasteiger partial charge in [-0.15, -0.1) is 0 Å². The third kappa shape index (κ3) is 6.02. The van der Waals surface area contributed by atoms with Gasteiger partial charge >= 0.3 is 0 Å². The molecule has 170 valence electrons. The molecule has 1 aliphatic heterocycles. The maximum atomic E-state index is 13.3. The van der Waals surface area contributed by atoms with Gasteiger partial charge in [0, 0.05) is 6.42 Å². The van der Waals surface area contributed by atoms with Crippen molar-refractivity contribution in [1.29, 1.82) is 0 Å². The van der Waals surface area contributed by atoms with Gasteiger partial charge in [-0.1, -0.05) is 97.5 Å². The number of nitrogens with zero attached hydrogens (tertiary/aromatic N) is 1. The average Bonchev–Trinajstić information content (AvgIpc) is 3.00. The average molecular weight is 423 g/mol. The highest BCUT2D eigenvalue weighted by atomic mass is 16.2. The van der Waals surface area contributed by atoms with Crippen molar-refractivity contribution in [2.24, 2.45) is 11.8 Å². The molecular weight excluding hydrogens is 381 g/mol. The number of rotatable bonds is 12. The first kappa shape index (κ1) is 25.7. The molecule has 2 unspecified atom stereocenters. The molecule has 4 heteroatoms. The molecule has 1 aromatic rings. The van der Waals surface area contributed by atoms with Crippen LogP contribution in [0.15, 0.2) is 24.3 Å². The van der Waals surface area contributed by atoms with Crippen LogP contribution in [0.3, 0.4) is 0 Å². The fraction of sp³-hybridized carbons (Fsp3) is 0.704. The Morgan fingerprint density at radius 2 is 1.52 bits per heavy atom. The highest BCUT2D eigenvalue weighted by Gasteiger charge is 2.43. The monoisotopic (exact) mass is 423 g/mol. The van der Waals surface area contributed by atoms with E-state index in [0.717, 1.165) is 37.7 Å². The van der Waals surface area contributed by atoms with Gasteiger partial charge in [0.1, 0.15) is 0 Å². The molecule has 0 aliphatic carbocycles. The van der Waals surface area contributed by atoms with E-state index in [-0.39, 0.29) is 28.5 Å². The minimum atomic E-state index is -0.386. The number of hydrogen-bond acceptors (Lipinski definition) is 2. The lowest BCUT2D eigenvalue weighted by Gasteiger charge is -2.40. The van der Waals surface area contributed by atoms with Crippen molar-refractivity contribution in [3.8, 4) is 0 Å². The summed E-state index contributed by atoms with van der Waals surface area (Å²) in [6, 6.07) is 7.83. The van der Waals surface area contributed by atoms with Crippen LogP contribution in [0, 0.1) is 11.8 Å². The Kier molecular flexibility index (Phi) is 8.97. The first-order valence-corrected chi connectivity index (χ1v) is 12.3. The third-order valence-corrected chi connectivity index (χ3v) is 7.57. The molecule has 0 saturated carbocycles. The lowest BCUT2D eigenvalue weighted by molar-refractivity contribution is -0.123. The summed E-state index contributed by atoms with van der Waals surface area (Å²) in [5.41, 5.74) is 1.57. The van der Waals surface area contributed by atoms with E-state index in [1.165, 1.54) is 24.2 Å². The molecule has 3 nitrogen and oxygen atoms in total. The predicted molar refractivity (Wildman–Crippen MR) is 132 cm³/mol. The van der Waals surface area contributed by atoms with Crippen LogP contribution in [0.25, 0.3) is 0 Å². The van der Waals surface area contributed by atoms with Gasteiger partial charge in [0.25, 0.3) is 0 Å². The Bertz CT molecular complexity index is 733. The van der Waals surface area contributed by atoms with Crippen LogP contribution in [0.5, 0.6) is 0 Å². The molecule has 1 aliphatic rings.